The van der Waals surface area contributed by atoms with Gasteiger partial charge < -0.3 is 4.90 Å². The smallest absolute Gasteiger partial charge is 0.308 e. The first-order chi connectivity index (χ1) is 16.1. The third-order valence-corrected chi connectivity index (χ3v) is 7.24. The first kappa shape index (κ1) is 21.7. The summed E-state index contributed by atoms with van der Waals surface area (Å²) >= 11 is 0. The van der Waals surface area contributed by atoms with Crippen molar-refractivity contribution in [1.29, 1.82) is 5.26 Å². The molecule has 0 bridgehead atoms. The third-order valence-electron chi connectivity index (χ3n) is 7.24. The third kappa shape index (κ3) is 4.94. The summed E-state index contributed by atoms with van der Waals surface area (Å²) in [5, 5.41) is 11.6. The fraction of sp³-hybridized carbons (Fsp3) is 0.444. The quantitative estimate of drug-likeness (QED) is 0.642. The second kappa shape index (κ2) is 9.36. The minimum absolute atomic E-state index is 0.0605. The minimum Gasteiger partial charge on any atom is -0.308 e. The van der Waals surface area contributed by atoms with Gasteiger partial charge in [0, 0.05) is 12.5 Å². The Labute approximate surface area is 195 Å². The Kier molecular flexibility index (Phi) is 6.15. The highest BCUT2D eigenvalue weighted by atomic mass is 16.2. The van der Waals surface area contributed by atoms with Crippen molar-refractivity contribution in [1.82, 2.24) is 15.1 Å². The van der Waals surface area contributed by atoms with Crippen molar-refractivity contribution in [2.24, 2.45) is 11.8 Å². The molecule has 2 aromatic rings. The Hall–Kier alpha value is -3.17. The molecule has 2 heterocycles. The lowest BCUT2D eigenvalue weighted by atomic mass is 9.94. The summed E-state index contributed by atoms with van der Waals surface area (Å²) in [7, 11) is 0. The summed E-state index contributed by atoms with van der Waals surface area (Å²) in [6, 6.07) is 19.1. The summed E-state index contributed by atoms with van der Waals surface area (Å²) < 4.78 is 0. The van der Waals surface area contributed by atoms with Crippen LogP contribution in [-0.2, 0) is 11.3 Å². The van der Waals surface area contributed by atoms with E-state index in [1.54, 1.807) is 4.90 Å². The number of likely N-dealkylation sites (tertiary alicyclic amines) is 1. The number of nitriles is 1. The maximum Gasteiger partial charge on any atom is 0.325 e. The highest BCUT2D eigenvalue weighted by Gasteiger charge is 2.37. The molecule has 1 N–H and O–H groups in total. The van der Waals surface area contributed by atoms with Crippen LogP contribution >= 0.6 is 0 Å². The molecular weight excluding hydrogens is 412 g/mol. The molecule has 2 saturated heterocycles. The Balaban J connectivity index is 1.34. The maximum atomic E-state index is 12.3. The van der Waals surface area contributed by atoms with Gasteiger partial charge in [0.2, 0.25) is 5.91 Å². The van der Waals surface area contributed by atoms with E-state index in [2.05, 4.69) is 64.8 Å². The predicted octanol–water partition coefficient (Wildman–Crippen LogP) is 4.48. The van der Waals surface area contributed by atoms with Crippen LogP contribution in [0.3, 0.4) is 0 Å². The molecule has 5 rings (SSSR count). The minimum atomic E-state index is -0.278. The van der Waals surface area contributed by atoms with Gasteiger partial charge in [0.15, 0.2) is 0 Å². The number of carbonyl (C=O) groups excluding carboxylic acids is 2. The van der Waals surface area contributed by atoms with Crippen LogP contribution in [0.4, 0.5) is 4.79 Å². The van der Waals surface area contributed by atoms with E-state index in [9.17, 15) is 9.59 Å². The van der Waals surface area contributed by atoms with Crippen molar-refractivity contribution >= 4 is 11.9 Å². The van der Waals surface area contributed by atoms with E-state index in [1.807, 2.05) is 0 Å². The van der Waals surface area contributed by atoms with Crippen molar-refractivity contribution in [2.45, 2.75) is 44.7 Å². The lowest BCUT2D eigenvalue weighted by molar-refractivity contribution is -0.118. The van der Waals surface area contributed by atoms with Gasteiger partial charge in [0.05, 0.1) is 12.1 Å². The van der Waals surface area contributed by atoms with Crippen LogP contribution in [0.15, 0.2) is 48.5 Å². The summed E-state index contributed by atoms with van der Waals surface area (Å²) in [6.07, 6.45) is 5.22. The Morgan fingerprint density at radius 2 is 1.73 bits per heavy atom. The van der Waals surface area contributed by atoms with Gasteiger partial charge in [-0.1, -0.05) is 61.4 Å². The van der Waals surface area contributed by atoms with Gasteiger partial charge in [-0.05, 0) is 60.5 Å². The van der Waals surface area contributed by atoms with Gasteiger partial charge in [0.25, 0.3) is 0 Å². The average molecular weight is 443 g/mol. The van der Waals surface area contributed by atoms with Crippen LogP contribution in [0, 0.1) is 23.2 Å². The van der Waals surface area contributed by atoms with Crippen LogP contribution in [0.25, 0.3) is 11.1 Å². The molecule has 3 fully saturated rings. The Bertz CT molecular complexity index is 1060. The molecule has 0 aromatic heterocycles. The molecule has 6 nitrogen and oxygen atoms in total. The van der Waals surface area contributed by atoms with E-state index in [1.165, 1.54) is 24.0 Å². The number of nitrogens with zero attached hydrogens (tertiary/aromatic N) is 3. The highest BCUT2D eigenvalue weighted by molar-refractivity contribution is 6.02. The molecule has 3 amide bonds. The number of hydrogen-bond donors (Lipinski definition) is 1. The monoisotopic (exact) mass is 442 g/mol. The van der Waals surface area contributed by atoms with Crippen molar-refractivity contribution in [3.63, 3.8) is 0 Å². The van der Waals surface area contributed by atoms with E-state index >= 15 is 0 Å². The topological polar surface area (TPSA) is 76.4 Å². The summed E-state index contributed by atoms with van der Waals surface area (Å²) in [4.78, 5) is 28.2. The summed E-state index contributed by atoms with van der Waals surface area (Å²) in [6.45, 7) is 2.95. The summed E-state index contributed by atoms with van der Waals surface area (Å²) in [5.74, 6) is 0.620. The highest BCUT2D eigenvalue weighted by Crippen LogP contribution is 2.41. The zero-order valence-corrected chi connectivity index (χ0v) is 18.9. The number of urea groups is 1. The molecule has 2 aromatic carbocycles. The average Bonchev–Trinajstić information content (AvgIpc) is 3.60. The Morgan fingerprint density at radius 1 is 1.00 bits per heavy atom. The van der Waals surface area contributed by atoms with Gasteiger partial charge in [-0.2, -0.15) is 5.26 Å². The lowest BCUT2D eigenvalue weighted by Crippen LogP contribution is -2.33. The SMILES string of the molecule is N#CC1CCN(Cc2ccccc2-c2ccc(C(CC3CC3)N3CC(=O)NC3=O)cc2)CC1. The van der Waals surface area contributed by atoms with E-state index < -0.39 is 0 Å². The number of carbonyl (C=O) groups is 2. The molecule has 170 valence electrons. The van der Waals surface area contributed by atoms with Gasteiger partial charge in [0.1, 0.15) is 6.54 Å². The zero-order chi connectivity index (χ0) is 22.8. The molecule has 6 heteroatoms. The molecule has 1 atom stereocenters. The van der Waals surface area contributed by atoms with E-state index in [0.29, 0.717) is 5.92 Å². The van der Waals surface area contributed by atoms with E-state index in [0.717, 1.165) is 50.0 Å². The number of piperidine rings is 1. The number of imide groups is 1. The van der Waals surface area contributed by atoms with Gasteiger partial charge in [-0.3, -0.25) is 15.0 Å². The van der Waals surface area contributed by atoms with Crippen molar-refractivity contribution in [3.8, 4) is 17.2 Å². The van der Waals surface area contributed by atoms with Crippen molar-refractivity contribution < 1.29 is 9.59 Å². The van der Waals surface area contributed by atoms with E-state index in [4.69, 9.17) is 5.26 Å². The lowest BCUT2D eigenvalue weighted by Gasteiger charge is -2.29. The van der Waals surface area contributed by atoms with Gasteiger partial charge in [-0.25, -0.2) is 4.79 Å². The molecule has 0 radical (unpaired) electrons. The molecule has 3 aliphatic rings. The number of hydrogen-bond acceptors (Lipinski definition) is 4. The number of amides is 3. The molecule has 1 aliphatic carbocycles. The standard InChI is InChI=1S/C27H30N4O2/c28-16-20-11-13-30(14-12-20)17-23-3-1-2-4-24(23)21-7-9-22(10-8-21)25(15-19-5-6-19)31-18-26(32)29-27(31)33/h1-4,7-10,19-20,25H,5-6,11-15,17-18H2,(H,29,32,33). The number of nitrogens with one attached hydrogen (secondary N) is 1. The molecule has 0 spiro atoms. The largest absolute Gasteiger partial charge is 0.325 e. The molecule has 2 aliphatic heterocycles. The summed E-state index contributed by atoms with van der Waals surface area (Å²) in [5.41, 5.74) is 4.76. The van der Waals surface area contributed by atoms with Gasteiger partial charge >= 0.3 is 6.03 Å². The fourth-order valence-electron chi connectivity index (χ4n) is 5.11. The van der Waals surface area contributed by atoms with Crippen LogP contribution in [-0.4, -0.2) is 41.4 Å². The van der Waals surface area contributed by atoms with Gasteiger partial charge in [-0.15, -0.1) is 0 Å². The first-order valence-electron chi connectivity index (χ1n) is 12.0. The molecule has 1 unspecified atom stereocenters. The van der Waals surface area contributed by atoms with E-state index in [-0.39, 0.29) is 30.4 Å². The van der Waals surface area contributed by atoms with Crippen molar-refractivity contribution in [2.75, 3.05) is 19.6 Å². The zero-order valence-electron chi connectivity index (χ0n) is 18.9. The second-order valence-electron chi connectivity index (χ2n) is 9.63. The van der Waals surface area contributed by atoms with Crippen molar-refractivity contribution in [3.05, 3.63) is 59.7 Å². The second-order valence-corrected chi connectivity index (χ2v) is 9.63. The van der Waals surface area contributed by atoms with Crippen LogP contribution in [0.1, 0.15) is 49.3 Å². The van der Waals surface area contributed by atoms with Crippen LogP contribution < -0.4 is 5.32 Å². The molecule has 33 heavy (non-hydrogen) atoms. The maximum absolute atomic E-state index is 12.3. The first-order valence-corrected chi connectivity index (χ1v) is 12.0. The normalized spacial score (nSPS) is 20.5. The van der Waals surface area contributed by atoms with Crippen LogP contribution in [0.2, 0.25) is 0 Å². The number of benzene rings is 2. The predicted molar refractivity (Wildman–Crippen MR) is 126 cm³/mol. The van der Waals surface area contributed by atoms with Crippen LogP contribution in [0.5, 0.6) is 0 Å². The molecule has 1 saturated carbocycles. The number of rotatable bonds is 7. The Morgan fingerprint density at radius 3 is 2.36 bits per heavy atom. The fourth-order valence-corrected chi connectivity index (χ4v) is 5.11. The molecular formula is C27H30N4O2.